The van der Waals surface area contributed by atoms with E-state index in [1.807, 2.05) is 32.3 Å². The number of thiocarbonyl (C=S) groups is 1. The summed E-state index contributed by atoms with van der Waals surface area (Å²) in [7, 11) is 3.99. The molecular formula is C17H19ClN4O2S. The van der Waals surface area contributed by atoms with Crippen molar-refractivity contribution in [3.8, 4) is 0 Å². The maximum atomic E-state index is 10.9. The van der Waals surface area contributed by atoms with Gasteiger partial charge in [0.05, 0.1) is 21.7 Å². The molecule has 2 aromatic rings. The SMILES string of the molecule is CN(C)C(CNC(=S)Nc1cc([N+](=O)[O-])ccc1Cl)c1ccccc1. The topological polar surface area (TPSA) is 70.4 Å². The number of likely N-dealkylation sites (N-methyl/N-ethyl adjacent to an activating group) is 1. The predicted octanol–water partition coefficient (Wildman–Crippen LogP) is 3.84. The van der Waals surface area contributed by atoms with Gasteiger partial charge >= 0.3 is 0 Å². The minimum absolute atomic E-state index is 0.0508. The van der Waals surface area contributed by atoms with Crippen LogP contribution >= 0.6 is 23.8 Å². The molecule has 0 bridgehead atoms. The molecule has 0 aliphatic rings. The average Bonchev–Trinajstić information content (AvgIpc) is 2.57. The Bertz CT molecular complexity index is 756. The Hall–Kier alpha value is -2.22. The molecule has 2 rings (SSSR count). The zero-order valence-electron chi connectivity index (χ0n) is 13.9. The Morgan fingerprint density at radius 1 is 1.28 bits per heavy atom. The van der Waals surface area contributed by atoms with Crippen LogP contribution in [0.3, 0.4) is 0 Å². The first kappa shape index (κ1) is 19.1. The van der Waals surface area contributed by atoms with Crippen molar-refractivity contribution in [1.29, 1.82) is 0 Å². The summed E-state index contributed by atoms with van der Waals surface area (Å²) in [5, 5.41) is 17.6. The number of non-ortho nitro benzene ring substituents is 1. The fourth-order valence-electron chi connectivity index (χ4n) is 2.35. The smallest absolute Gasteiger partial charge is 0.271 e. The average molecular weight is 379 g/mol. The number of nitrogens with one attached hydrogen (secondary N) is 2. The van der Waals surface area contributed by atoms with Crippen LogP contribution in [0.5, 0.6) is 0 Å². The standard InChI is InChI=1S/C17H19ClN4O2S/c1-21(2)16(12-6-4-3-5-7-12)11-19-17(25)20-15-10-13(22(23)24)8-9-14(15)18/h3-10,16H,11H2,1-2H3,(H2,19,20,25). The number of benzene rings is 2. The van der Waals surface area contributed by atoms with Crippen molar-refractivity contribution in [2.24, 2.45) is 0 Å². The van der Waals surface area contributed by atoms with Gasteiger partial charge in [-0.1, -0.05) is 41.9 Å². The Labute approximate surface area is 156 Å². The van der Waals surface area contributed by atoms with Crippen LogP contribution in [0, 0.1) is 10.1 Å². The second-order valence-electron chi connectivity index (χ2n) is 5.65. The minimum atomic E-state index is -0.477. The van der Waals surface area contributed by atoms with Gasteiger partial charge in [0.2, 0.25) is 0 Å². The molecule has 132 valence electrons. The maximum absolute atomic E-state index is 10.9. The van der Waals surface area contributed by atoms with Crippen LogP contribution < -0.4 is 10.6 Å². The van der Waals surface area contributed by atoms with E-state index in [0.29, 0.717) is 22.4 Å². The first-order valence-electron chi connectivity index (χ1n) is 7.58. The molecule has 0 saturated heterocycles. The Kier molecular flexibility index (Phi) is 6.69. The third-order valence-electron chi connectivity index (χ3n) is 3.67. The number of nitrogens with zero attached hydrogens (tertiary/aromatic N) is 2. The molecule has 6 nitrogen and oxygen atoms in total. The van der Waals surface area contributed by atoms with Crippen LogP contribution in [0.15, 0.2) is 48.5 Å². The molecule has 2 N–H and O–H groups in total. The molecule has 0 spiro atoms. The van der Waals surface area contributed by atoms with Crippen LogP contribution in [0.2, 0.25) is 5.02 Å². The zero-order valence-corrected chi connectivity index (χ0v) is 15.5. The second-order valence-corrected chi connectivity index (χ2v) is 6.46. The van der Waals surface area contributed by atoms with Gasteiger partial charge in [-0.05, 0) is 37.9 Å². The van der Waals surface area contributed by atoms with Crippen molar-refractivity contribution in [2.45, 2.75) is 6.04 Å². The van der Waals surface area contributed by atoms with E-state index >= 15 is 0 Å². The van der Waals surface area contributed by atoms with Crippen molar-refractivity contribution in [3.63, 3.8) is 0 Å². The van der Waals surface area contributed by atoms with E-state index < -0.39 is 4.92 Å². The van der Waals surface area contributed by atoms with Gasteiger partial charge in [-0.3, -0.25) is 10.1 Å². The third kappa shape index (κ3) is 5.38. The molecule has 2 aromatic carbocycles. The number of rotatable bonds is 6. The Morgan fingerprint density at radius 3 is 2.56 bits per heavy atom. The first-order chi connectivity index (χ1) is 11.9. The summed E-state index contributed by atoms with van der Waals surface area (Å²) in [6.45, 7) is 0.579. The van der Waals surface area contributed by atoms with E-state index in [1.165, 1.54) is 18.2 Å². The van der Waals surface area contributed by atoms with Gasteiger partial charge in [0.25, 0.3) is 5.69 Å². The summed E-state index contributed by atoms with van der Waals surface area (Å²) in [6.07, 6.45) is 0. The lowest BCUT2D eigenvalue weighted by molar-refractivity contribution is -0.384. The van der Waals surface area contributed by atoms with Gasteiger partial charge in [0.15, 0.2) is 5.11 Å². The van der Waals surface area contributed by atoms with Crippen LogP contribution in [0.25, 0.3) is 0 Å². The summed E-state index contributed by atoms with van der Waals surface area (Å²) < 4.78 is 0. The van der Waals surface area contributed by atoms with Crippen molar-refractivity contribution in [1.82, 2.24) is 10.2 Å². The van der Waals surface area contributed by atoms with Crippen LogP contribution in [0.4, 0.5) is 11.4 Å². The molecule has 0 saturated carbocycles. The van der Waals surface area contributed by atoms with Crippen LogP contribution in [-0.2, 0) is 0 Å². The van der Waals surface area contributed by atoms with Crippen LogP contribution in [-0.4, -0.2) is 35.6 Å². The number of nitro benzene ring substituents is 1. The molecule has 0 radical (unpaired) electrons. The van der Waals surface area contributed by atoms with Crippen molar-refractivity contribution >= 4 is 40.3 Å². The highest BCUT2D eigenvalue weighted by Crippen LogP contribution is 2.26. The summed E-state index contributed by atoms with van der Waals surface area (Å²) in [6, 6.07) is 14.4. The van der Waals surface area contributed by atoms with Gasteiger partial charge in [-0.15, -0.1) is 0 Å². The monoisotopic (exact) mass is 378 g/mol. The van der Waals surface area contributed by atoms with E-state index in [0.717, 1.165) is 5.56 Å². The fraction of sp³-hybridized carbons (Fsp3) is 0.235. The normalized spacial score (nSPS) is 11.8. The second kappa shape index (κ2) is 8.75. The molecular weight excluding hydrogens is 360 g/mol. The lowest BCUT2D eigenvalue weighted by atomic mass is 10.1. The van der Waals surface area contributed by atoms with E-state index in [4.69, 9.17) is 23.8 Å². The van der Waals surface area contributed by atoms with E-state index in [-0.39, 0.29) is 11.7 Å². The highest BCUT2D eigenvalue weighted by atomic mass is 35.5. The zero-order chi connectivity index (χ0) is 18.4. The van der Waals surface area contributed by atoms with E-state index in [9.17, 15) is 10.1 Å². The fourth-order valence-corrected chi connectivity index (χ4v) is 2.71. The number of nitro groups is 1. The van der Waals surface area contributed by atoms with Gasteiger partial charge in [-0.25, -0.2) is 0 Å². The molecule has 0 aromatic heterocycles. The first-order valence-corrected chi connectivity index (χ1v) is 8.37. The lowest BCUT2D eigenvalue weighted by Crippen LogP contribution is -2.36. The molecule has 0 fully saturated rings. The minimum Gasteiger partial charge on any atom is -0.361 e. The van der Waals surface area contributed by atoms with E-state index in [1.54, 1.807) is 0 Å². The van der Waals surface area contributed by atoms with E-state index in [2.05, 4.69) is 27.7 Å². The van der Waals surface area contributed by atoms with Gasteiger partial charge in [-0.2, -0.15) is 0 Å². The maximum Gasteiger partial charge on any atom is 0.271 e. The van der Waals surface area contributed by atoms with Crippen molar-refractivity contribution in [2.75, 3.05) is 26.0 Å². The summed E-state index contributed by atoms with van der Waals surface area (Å²) in [4.78, 5) is 12.5. The van der Waals surface area contributed by atoms with Crippen LogP contribution in [0.1, 0.15) is 11.6 Å². The number of hydrogen-bond acceptors (Lipinski definition) is 4. The third-order valence-corrected chi connectivity index (χ3v) is 4.25. The molecule has 25 heavy (non-hydrogen) atoms. The Morgan fingerprint density at radius 2 is 1.96 bits per heavy atom. The molecule has 0 amide bonds. The molecule has 0 aliphatic heterocycles. The number of hydrogen-bond donors (Lipinski definition) is 2. The van der Waals surface area contributed by atoms with Gasteiger partial charge in [0, 0.05) is 18.7 Å². The molecule has 1 unspecified atom stereocenters. The molecule has 8 heteroatoms. The molecule has 0 aliphatic carbocycles. The molecule has 1 atom stereocenters. The highest BCUT2D eigenvalue weighted by molar-refractivity contribution is 7.80. The summed E-state index contributed by atoms with van der Waals surface area (Å²) >= 11 is 11.4. The highest BCUT2D eigenvalue weighted by Gasteiger charge is 2.15. The predicted molar refractivity (Wildman–Crippen MR) is 105 cm³/mol. The largest absolute Gasteiger partial charge is 0.361 e. The molecule has 0 heterocycles. The summed E-state index contributed by atoms with van der Waals surface area (Å²) in [5.41, 5.74) is 1.51. The quantitative estimate of drug-likeness (QED) is 0.452. The lowest BCUT2D eigenvalue weighted by Gasteiger charge is -2.25. The van der Waals surface area contributed by atoms with Gasteiger partial charge in [0.1, 0.15) is 0 Å². The van der Waals surface area contributed by atoms with Gasteiger partial charge < -0.3 is 15.5 Å². The summed E-state index contributed by atoms with van der Waals surface area (Å²) in [5.74, 6) is 0. The number of anilines is 1. The Balaban J connectivity index is 2.02. The van der Waals surface area contributed by atoms with Crippen molar-refractivity contribution < 1.29 is 4.92 Å². The number of halogens is 1. The van der Waals surface area contributed by atoms with Crippen molar-refractivity contribution in [3.05, 3.63) is 69.2 Å².